The van der Waals surface area contributed by atoms with Gasteiger partial charge < -0.3 is 10.1 Å². The van der Waals surface area contributed by atoms with Crippen LogP contribution in [0.15, 0.2) is 41.9 Å². The van der Waals surface area contributed by atoms with Gasteiger partial charge >= 0.3 is 5.97 Å². The van der Waals surface area contributed by atoms with E-state index in [1.807, 2.05) is 25.1 Å². The molecule has 1 aliphatic rings. The van der Waals surface area contributed by atoms with Gasteiger partial charge in [0.05, 0.1) is 12.2 Å². The number of halogens is 1. The van der Waals surface area contributed by atoms with E-state index >= 15 is 0 Å². The summed E-state index contributed by atoms with van der Waals surface area (Å²) in [6.07, 6.45) is 1.44. The smallest absolute Gasteiger partial charge is 0.338 e. The summed E-state index contributed by atoms with van der Waals surface area (Å²) in [5, 5.41) is 7.86. The molecule has 0 spiro atoms. The quantitative estimate of drug-likeness (QED) is 0.881. The predicted molar refractivity (Wildman–Crippen MR) is 82.6 cm³/mol. The molecular formula is C15H15ClN4O2. The van der Waals surface area contributed by atoms with Crippen LogP contribution in [-0.4, -0.2) is 27.3 Å². The van der Waals surface area contributed by atoms with Gasteiger partial charge in [-0.25, -0.2) is 9.48 Å². The van der Waals surface area contributed by atoms with Crippen LogP contribution in [0.5, 0.6) is 0 Å². The van der Waals surface area contributed by atoms with E-state index in [1.54, 1.807) is 17.7 Å². The lowest BCUT2D eigenvalue weighted by Gasteiger charge is -2.28. The number of carbonyl (C=O) groups is 1. The number of esters is 1. The van der Waals surface area contributed by atoms with Gasteiger partial charge in [-0.15, -0.1) is 0 Å². The van der Waals surface area contributed by atoms with E-state index in [0.717, 1.165) is 5.56 Å². The highest BCUT2D eigenvalue weighted by Crippen LogP contribution is 2.37. The first-order valence-corrected chi connectivity index (χ1v) is 7.30. The highest BCUT2D eigenvalue weighted by molar-refractivity contribution is 6.31. The minimum Gasteiger partial charge on any atom is -0.463 e. The van der Waals surface area contributed by atoms with Crippen LogP contribution >= 0.6 is 11.6 Å². The molecule has 1 aromatic heterocycles. The first-order valence-electron chi connectivity index (χ1n) is 6.92. The standard InChI is InChI=1S/C15H15ClN4O2/c1-3-22-14(21)12-9(2)19-15-17-8-18-20(15)13(12)10-6-4-5-7-11(10)16/h4-8,13H,3H2,1-2H3,(H,17,18,19)/t13-/m1/s1. The second-order valence-corrected chi connectivity index (χ2v) is 5.24. The van der Waals surface area contributed by atoms with Crippen molar-refractivity contribution in [2.24, 2.45) is 0 Å². The van der Waals surface area contributed by atoms with Crippen LogP contribution in [0, 0.1) is 0 Å². The predicted octanol–water partition coefficient (Wildman–Crippen LogP) is 2.78. The lowest BCUT2D eigenvalue weighted by molar-refractivity contribution is -0.139. The average Bonchev–Trinajstić information content (AvgIpc) is 2.94. The normalized spacial score (nSPS) is 17.0. The fourth-order valence-corrected chi connectivity index (χ4v) is 2.79. The molecule has 114 valence electrons. The molecule has 0 unspecified atom stereocenters. The first kappa shape index (κ1) is 14.6. The number of anilines is 1. The van der Waals surface area contributed by atoms with Gasteiger partial charge in [0, 0.05) is 16.3 Å². The second kappa shape index (κ2) is 5.81. The Morgan fingerprint density at radius 2 is 2.23 bits per heavy atom. The van der Waals surface area contributed by atoms with E-state index in [4.69, 9.17) is 16.3 Å². The van der Waals surface area contributed by atoms with Crippen molar-refractivity contribution >= 4 is 23.5 Å². The van der Waals surface area contributed by atoms with Crippen molar-refractivity contribution in [2.75, 3.05) is 11.9 Å². The van der Waals surface area contributed by atoms with Crippen LogP contribution in [0.4, 0.5) is 5.95 Å². The molecule has 1 atom stereocenters. The summed E-state index contributed by atoms with van der Waals surface area (Å²) in [6.45, 7) is 3.89. The monoisotopic (exact) mass is 318 g/mol. The summed E-state index contributed by atoms with van der Waals surface area (Å²) in [6, 6.07) is 6.91. The Morgan fingerprint density at radius 3 is 2.95 bits per heavy atom. The van der Waals surface area contributed by atoms with E-state index in [0.29, 0.717) is 28.8 Å². The molecule has 1 N–H and O–H groups in total. The number of rotatable bonds is 3. The minimum atomic E-state index is -0.466. The molecule has 0 fully saturated rings. The molecule has 1 aromatic carbocycles. The van der Waals surface area contributed by atoms with E-state index in [2.05, 4.69) is 15.4 Å². The van der Waals surface area contributed by atoms with Gasteiger partial charge in [-0.3, -0.25) is 0 Å². The van der Waals surface area contributed by atoms with Crippen molar-refractivity contribution in [3.63, 3.8) is 0 Å². The number of nitrogens with one attached hydrogen (secondary N) is 1. The SMILES string of the molecule is CCOC(=O)C1=C(C)Nc2ncnn2[C@@H]1c1ccccc1Cl. The maximum absolute atomic E-state index is 12.4. The third-order valence-corrected chi connectivity index (χ3v) is 3.83. The Labute approximate surface area is 132 Å². The molecule has 2 aromatic rings. The van der Waals surface area contributed by atoms with E-state index < -0.39 is 12.0 Å². The molecule has 22 heavy (non-hydrogen) atoms. The Kier molecular flexibility index (Phi) is 3.85. The van der Waals surface area contributed by atoms with E-state index in [-0.39, 0.29) is 0 Å². The van der Waals surface area contributed by atoms with Gasteiger partial charge in [-0.2, -0.15) is 10.1 Å². The van der Waals surface area contributed by atoms with Crippen molar-refractivity contribution in [3.8, 4) is 0 Å². The molecule has 0 radical (unpaired) electrons. The van der Waals surface area contributed by atoms with Crippen LogP contribution in [0.1, 0.15) is 25.5 Å². The third kappa shape index (κ3) is 2.35. The highest BCUT2D eigenvalue weighted by atomic mass is 35.5. The molecule has 7 heteroatoms. The molecule has 6 nitrogen and oxygen atoms in total. The van der Waals surface area contributed by atoms with Gasteiger partial charge in [0.1, 0.15) is 12.4 Å². The summed E-state index contributed by atoms with van der Waals surface area (Å²) in [5.74, 6) is 0.175. The summed E-state index contributed by atoms with van der Waals surface area (Å²) in [4.78, 5) is 16.6. The van der Waals surface area contributed by atoms with Crippen LogP contribution in [-0.2, 0) is 9.53 Å². The number of fused-ring (bicyclic) bond motifs is 1. The van der Waals surface area contributed by atoms with Gasteiger partial charge in [-0.1, -0.05) is 29.8 Å². The zero-order valence-electron chi connectivity index (χ0n) is 12.2. The third-order valence-electron chi connectivity index (χ3n) is 3.49. The maximum atomic E-state index is 12.4. The fourth-order valence-electron chi connectivity index (χ4n) is 2.55. The molecule has 1 aliphatic heterocycles. The Morgan fingerprint density at radius 1 is 1.45 bits per heavy atom. The highest BCUT2D eigenvalue weighted by Gasteiger charge is 2.35. The Bertz CT molecular complexity index is 754. The van der Waals surface area contributed by atoms with Crippen molar-refractivity contribution in [3.05, 3.63) is 52.4 Å². The summed E-state index contributed by atoms with van der Waals surface area (Å²) >= 11 is 6.33. The van der Waals surface area contributed by atoms with Crippen LogP contribution in [0.3, 0.4) is 0 Å². The minimum absolute atomic E-state index is 0.301. The number of allylic oxidation sites excluding steroid dienone is 1. The molecule has 0 amide bonds. The van der Waals surface area contributed by atoms with Crippen molar-refractivity contribution < 1.29 is 9.53 Å². The topological polar surface area (TPSA) is 69.0 Å². The van der Waals surface area contributed by atoms with Crippen LogP contribution in [0.2, 0.25) is 5.02 Å². The number of ether oxygens (including phenoxy) is 1. The van der Waals surface area contributed by atoms with Gasteiger partial charge in [0.15, 0.2) is 0 Å². The second-order valence-electron chi connectivity index (χ2n) is 4.84. The number of hydrogen-bond acceptors (Lipinski definition) is 5. The maximum Gasteiger partial charge on any atom is 0.338 e. The van der Waals surface area contributed by atoms with Gasteiger partial charge in [0.25, 0.3) is 0 Å². The fraction of sp³-hybridized carbons (Fsp3) is 0.267. The average molecular weight is 319 g/mol. The van der Waals surface area contributed by atoms with Crippen molar-refractivity contribution in [1.82, 2.24) is 14.8 Å². The summed E-state index contributed by atoms with van der Waals surface area (Å²) in [7, 11) is 0. The number of aromatic nitrogens is 3. The first-order chi connectivity index (χ1) is 10.6. The number of carbonyl (C=O) groups excluding carboxylic acids is 1. The molecule has 0 aliphatic carbocycles. The lowest BCUT2D eigenvalue weighted by Crippen LogP contribution is -2.29. The molecule has 0 saturated carbocycles. The molecule has 0 bridgehead atoms. The van der Waals surface area contributed by atoms with E-state index in [1.165, 1.54) is 6.33 Å². The van der Waals surface area contributed by atoms with Crippen LogP contribution in [0.25, 0.3) is 0 Å². The van der Waals surface area contributed by atoms with Crippen molar-refractivity contribution in [2.45, 2.75) is 19.9 Å². The summed E-state index contributed by atoms with van der Waals surface area (Å²) < 4.78 is 6.83. The Balaban J connectivity index is 2.18. The van der Waals surface area contributed by atoms with E-state index in [9.17, 15) is 4.79 Å². The zero-order chi connectivity index (χ0) is 15.7. The molecular weight excluding hydrogens is 304 g/mol. The lowest BCUT2D eigenvalue weighted by atomic mass is 9.96. The Hall–Kier alpha value is -2.34. The number of benzene rings is 1. The summed E-state index contributed by atoms with van der Waals surface area (Å²) in [5.41, 5.74) is 1.94. The largest absolute Gasteiger partial charge is 0.463 e. The number of hydrogen-bond donors (Lipinski definition) is 1. The zero-order valence-corrected chi connectivity index (χ0v) is 13.0. The molecule has 3 rings (SSSR count). The molecule has 2 heterocycles. The van der Waals surface area contributed by atoms with Gasteiger partial charge in [-0.05, 0) is 19.9 Å². The van der Waals surface area contributed by atoms with Crippen LogP contribution < -0.4 is 5.32 Å². The number of nitrogens with zero attached hydrogens (tertiary/aromatic N) is 3. The van der Waals surface area contributed by atoms with Crippen molar-refractivity contribution in [1.29, 1.82) is 0 Å². The molecule has 0 saturated heterocycles. The van der Waals surface area contributed by atoms with Gasteiger partial charge in [0.2, 0.25) is 5.95 Å².